The molecule has 2 aromatic rings. The lowest BCUT2D eigenvalue weighted by Gasteiger charge is -2.32. The standard InChI is InChI=1S/C17H26BNO2.C12H24B2O4.C11H14BrN/c1-16(2)17(3,4)21-18(20-16)15-7-6-13-8-10-19(5)11-9-14(13)12-15;1-9(2)10(3,4)16-13(15-9)14-17-11(5,6)12(7,8)18-14;1-13-6-4-9-2-3-11(12)8-10(9)5-7-13/h6-7,12H,8-11H2,1-5H3;1-8H3;2-3,8H,4-7H2,1H3. The Hall–Kier alpha value is -1.21. The Bertz CT molecular complexity index is 1490. The van der Waals surface area contributed by atoms with Crippen LogP contribution in [0.5, 0.6) is 0 Å². The van der Waals surface area contributed by atoms with Gasteiger partial charge < -0.3 is 37.7 Å². The molecule has 3 fully saturated rings. The summed E-state index contributed by atoms with van der Waals surface area (Å²) >= 11 is 3.52. The fourth-order valence-corrected chi connectivity index (χ4v) is 7.20. The molecule has 0 N–H and O–H groups in total. The Morgan fingerprint density at radius 2 is 0.788 bits per heavy atom. The summed E-state index contributed by atoms with van der Waals surface area (Å²) in [6.45, 7) is 29.3. The van der Waals surface area contributed by atoms with Crippen LogP contribution in [0.25, 0.3) is 0 Å². The molecule has 5 heterocycles. The molecule has 0 amide bonds. The van der Waals surface area contributed by atoms with Crippen LogP contribution in [0.15, 0.2) is 40.9 Å². The lowest BCUT2D eigenvalue weighted by Crippen LogP contribution is -2.41. The van der Waals surface area contributed by atoms with Crippen LogP contribution < -0.4 is 5.46 Å². The fraction of sp³-hybridized carbons (Fsp3) is 0.700. The lowest BCUT2D eigenvalue weighted by atomic mass is 9.49. The number of benzene rings is 2. The highest BCUT2D eigenvalue weighted by Crippen LogP contribution is 2.43. The third kappa shape index (κ3) is 9.25. The van der Waals surface area contributed by atoms with Crippen molar-refractivity contribution in [2.75, 3.05) is 40.3 Å². The van der Waals surface area contributed by atoms with Crippen LogP contribution in [0.3, 0.4) is 0 Å². The summed E-state index contributed by atoms with van der Waals surface area (Å²) in [4.78, 5) is 4.79. The van der Waals surface area contributed by atoms with Crippen molar-refractivity contribution >= 4 is 42.5 Å². The normalized spacial score (nSPS) is 25.6. The van der Waals surface area contributed by atoms with Crippen molar-refractivity contribution in [3.63, 3.8) is 0 Å². The predicted octanol–water partition coefficient (Wildman–Crippen LogP) is 6.74. The van der Waals surface area contributed by atoms with Gasteiger partial charge in [-0.05, 0) is 163 Å². The maximum atomic E-state index is 6.16. The molecule has 3 saturated heterocycles. The van der Waals surface area contributed by atoms with Crippen molar-refractivity contribution in [1.29, 1.82) is 0 Å². The molecule has 12 heteroatoms. The van der Waals surface area contributed by atoms with E-state index in [2.05, 4.69) is 104 Å². The Labute approximate surface area is 324 Å². The summed E-state index contributed by atoms with van der Waals surface area (Å²) in [5.74, 6) is 0. The minimum atomic E-state index is -0.476. The average molecular weight is 781 g/mol. The average Bonchev–Trinajstić information content (AvgIpc) is 3.32. The van der Waals surface area contributed by atoms with E-state index in [4.69, 9.17) is 27.9 Å². The second-order valence-electron chi connectivity index (χ2n) is 18.4. The van der Waals surface area contributed by atoms with Gasteiger partial charge in [-0.15, -0.1) is 0 Å². The molecular weight excluding hydrogens is 717 g/mol. The summed E-state index contributed by atoms with van der Waals surface area (Å²) < 4.78 is 37.4. The Kier molecular flexibility index (Phi) is 12.4. The molecular formula is C40H64B3BrN2O6. The van der Waals surface area contributed by atoms with Gasteiger partial charge in [0.15, 0.2) is 0 Å². The van der Waals surface area contributed by atoms with Crippen molar-refractivity contribution in [1.82, 2.24) is 9.80 Å². The topological polar surface area (TPSA) is 61.9 Å². The summed E-state index contributed by atoms with van der Waals surface area (Å²) in [7, 11) is 3.19. The first-order valence-corrected chi connectivity index (χ1v) is 20.0. The molecule has 0 radical (unpaired) electrons. The SMILES string of the molecule is CC1(C)OB(B2OC(C)(C)C(C)(C)O2)OC1(C)C.CN1CCc2ccc(B3OC(C)(C)C(C)(C)O3)cc2CC1.CN1CCc2ccc(Br)cc2CC1. The molecule has 0 bridgehead atoms. The van der Waals surface area contributed by atoms with Gasteiger partial charge in [0.2, 0.25) is 0 Å². The van der Waals surface area contributed by atoms with Gasteiger partial charge in [0.25, 0.3) is 0 Å². The molecule has 0 aliphatic carbocycles. The zero-order valence-electron chi connectivity index (χ0n) is 34.6. The highest BCUT2D eigenvalue weighted by atomic mass is 79.9. The maximum absolute atomic E-state index is 6.16. The predicted molar refractivity (Wildman–Crippen MR) is 218 cm³/mol. The molecule has 7 rings (SSSR count). The molecule has 0 saturated carbocycles. The van der Waals surface area contributed by atoms with Gasteiger partial charge in [-0.2, -0.15) is 0 Å². The van der Waals surface area contributed by atoms with Crippen LogP contribution in [0.2, 0.25) is 0 Å². The van der Waals surface area contributed by atoms with E-state index in [1.165, 1.54) is 52.7 Å². The third-order valence-electron chi connectivity index (χ3n) is 12.7. The van der Waals surface area contributed by atoms with E-state index < -0.39 is 14.0 Å². The largest absolute Gasteiger partial charge is 0.494 e. The first kappa shape index (κ1) is 41.9. The minimum Gasteiger partial charge on any atom is -0.405 e. The van der Waals surface area contributed by atoms with E-state index >= 15 is 0 Å². The second kappa shape index (κ2) is 15.4. The van der Waals surface area contributed by atoms with Crippen molar-refractivity contribution in [2.45, 2.75) is 142 Å². The smallest absolute Gasteiger partial charge is 0.405 e. The quantitative estimate of drug-likeness (QED) is 0.311. The summed E-state index contributed by atoms with van der Waals surface area (Å²) in [5, 5.41) is 0. The molecule has 52 heavy (non-hydrogen) atoms. The number of likely N-dealkylation sites (N-methyl/N-ethyl adjacent to an activating group) is 2. The summed E-state index contributed by atoms with van der Waals surface area (Å²) in [5.41, 5.74) is 5.12. The number of rotatable bonds is 2. The molecule has 0 spiro atoms. The van der Waals surface area contributed by atoms with Crippen LogP contribution in [0, 0.1) is 0 Å². The van der Waals surface area contributed by atoms with E-state index in [9.17, 15) is 0 Å². The highest BCUT2D eigenvalue weighted by molar-refractivity contribution is 9.10. The zero-order chi connectivity index (χ0) is 38.5. The van der Waals surface area contributed by atoms with Gasteiger partial charge in [-0.25, -0.2) is 0 Å². The van der Waals surface area contributed by atoms with Gasteiger partial charge in [0, 0.05) is 30.7 Å². The highest BCUT2D eigenvalue weighted by Gasteiger charge is 2.63. The third-order valence-corrected chi connectivity index (χ3v) is 13.2. The van der Waals surface area contributed by atoms with E-state index in [0.717, 1.165) is 31.4 Å². The van der Waals surface area contributed by atoms with Gasteiger partial charge in [-0.3, -0.25) is 0 Å². The second-order valence-corrected chi connectivity index (χ2v) is 19.3. The van der Waals surface area contributed by atoms with Gasteiger partial charge in [0.1, 0.15) is 0 Å². The van der Waals surface area contributed by atoms with Gasteiger partial charge in [0.05, 0.1) is 33.6 Å². The molecule has 5 aliphatic rings. The summed E-state index contributed by atoms with van der Waals surface area (Å²) in [6, 6.07) is 13.4. The molecule has 2 aromatic carbocycles. The molecule has 0 aromatic heterocycles. The molecule has 286 valence electrons. The molecule has 8 nitrogen and oxygen atoms in total. The van der Waals surface area contributed by atoms with E-state index in [1.54, 1.807) is 0 Å². The fourth-order valence-electron chi connectivity index (χ4n) is 6.79. The molecule has 0 unspecified atom stereocenters. The first-order valence-electron chi connectivity index (χ1n) is 19.2. The number of hydrogen-bond acceptors (Lipinski definition) is 8. The number of halogens is 1. The van der Waals surface area contributed by atoms with Crippen molar-refractivity contribution in [3.8, 4) is 0 Å². The van der Waals surface area contributed by atoms with E-state index in [-0.39, 0.29) is 40.7 Å². The van der Waals surface area contributed by atoms with E-state index in [1.807, 2.05) is 55.4 Å². The Balaban J connectivity index is 0.000000155. The Morgan fingerprint density at radius 3 is 1.19 bits per heavy atom. The monoisotopic (exact) mass is 780 g/mol. The van der Waals surface area contributed by atoms with Crippen molar-refractivity contribution < 1.29 is 27.9 Å². The van der Waals surface area contributed by atoms with Crippen LogP contribution in [0.1, 0.15) is 105 Å². The maximum Gasteiger partial charge on any atom is 0.494 e. The number of nitrogens with zero attached hydrogens (tertiary/aromatic N) is 2. The zero-order valence-corrected chi connectivity index (χ0v) is 36.2. The number of hydrogen-bond donors (Lipinski definition) is 0. The van der Waals surface area contributed by atoms with Gasteiger partial charge >= 0.3 is 21.1 Å². The molecule has 0 atom stereocenters. The lowest BCUT2D eigenvalue weighted by molar-refractivity contribution is 0.00578. The minimum absolute atomic E-state index is 0.249. The van der Waals surface area contributed by atoms with Gasteiger partial charge in [-0.1, -0.05) is 40.2 Å². The van der Waals surface area contributed by atoms with Crippen LogP contribution >= 0.6 is 15.9 Å². The molecule has 5 aliphatic heterocycles. The van der Waals surface area contributed by atoms with Crippen LogP contribution in [0.4, 0.5) is 0 Å². The van der Waals surface area contributed by atoms with Crippen LogP contribution in [-0.4, -0.2) is 105 Å². The first-order chi connectivity index (χ1) is 23.9. The Morgan fingerprint density at radius 1 is 0.462 bits per heavy atom. The van der Waals surface area contributed by atoms with Crippen molar-refractivity contribution in [3.05, 3.63) is 63.1 Å². The van der Waals surface area contributed by atoms with Crippen molar-refractivity contribution in [2.24, 2.45) is 0 Å². The number of fused-ring (bicyclic) bond motifs is 2. The van der Waals surface area contributed by atoms with Crippen LogP contribution in [-0.2, 0) is 53.6 Å². The van der Waals surface area contributed by atoms with E-state index in [0.29, 0.717) is 0 Å². The summed E-state index contributed by atoms with van der Waals surface area (Å²) in [6.07, 6.45) is 4.62.